The Morgan fingerprint density at radius 3 is 2.26 bits per heavy atom. The summed E-state index contributed by atoms with van der Waals surface area (Å²) in [4.78, 5) is 16.9. The summed E-state index contributed by atoms with van der Waals surface area (Å²) in [6, 6.07) is 20.9. The van der Waals surface area contributed by atoms with Gasteiger partial charge in [-0.1, -0.05) is 48.5 Å². The quantitative estimate of drug-likeness (QED) is 0.669. The number of carbonyl (C=O) groups is 1. The topological polar surface area (TPSA) is 32.8 Å². The fourth-order valence-corrected chi connectivity index (χ4v) is 3.58. The first-order valence-corrected chi connectivity index (χ1v) is 9.96. The van der Waals surface area contributed by atoms with Crippen LogP contribution >= 0.6 is 0 Å². The summed E-state index contributed by atoms with van der Waals surface area (Å²) in [5.41, 5.74) is 1.38. The molecule has 1 amide bonds. The molecule has 2 aromatic rings. The summed E-state index contributed by atoms with van der Waals surface area (Å²) in [5, 5.41) is 0. The van der Waals surface area contributed by atoms with Gasteiger partial charge in [0.25, 0.3) is 0 Å². The van der Waals surface area contributed by atoms with Gasteiger partial charge >= 0.3 is 0 Å². The molecule has 0 bridgehead atoms. The Kier molecular flexibility index (Phi) is 7.28. The van der Waals surface area contributed by atoms with E-state index in [0.717, 1.165) is 44.8 Å². The van der Waals surface area contributed by atoms with Gasteiger partial charge in [-0.3, -0.25) is 9.69 Å². The van der Waals surface area contributed by atoms with E-state index in [1.165, 1.54) is 5.56 Å². The summed E-state index contributed by atoms with van der Waals surface area (Å²) in [7, 11) is 0. The van der Waals surface area contributed by atoms with Crippen LogP contribution in [0.4, 0.5) is 0 Å². The van der Waals surface area contributed by atoms with Crippen molar-refractivity contribution < 1.29 is 9.53 Å². The predicted molar refractivity (Wildman–Crippen MR) is 109 cm³/mol. The van der Waals surface area contributed by atoms with Crippen molar-refractivity contribution in [3.63, 3.8) is 0 Å². The molecule has 0 aromatic heterocycles. The second-order valence-electron chi connectivity index (χ2n) is 7.22. The van der Waals surface area contributed by atoms with Crippen molar-refractivity contribution in [2.75, 3.05) is 32.8 Å². The molecule has 2 aromatic carbocycles. The molecule has 0 saturated carbocycles. The fraction of sp³-hybridized carbons (Fsp3) is 0.435. The Bertz CT molecular complexity index is 682. The van der Waals surface area contributed by atoms with Crippen molar-refractivity contribution in [3.05, 3.63) is 66.2 Å². The molecule has 1 aliphatic heterocycles. The second kappa shape index (κ2) is 10.1. The van der Waals surface area contributed by atoms with E-state index in [9.17, 15) is 4.79 Å². The van der Waals surface area contributed by atoms with Crippen molar-refractivity contribution in [2.24, 2.45) is 0 Å². The van der Waals surface area contributed by atoms with Crippen LogP contribution in [-0.2, 0) is 11.2 Å². The zero-order chi connectivity index (χ0) is 18.9. The average Bonchev–Trinajstić information content (AvgIpc) is 2.72. The van der Waals surface area contributed by atoms with Crippen LogP contribution in [0.5, 0.6) is 5.75 Å². The van der Waals surface area contributed by atoms with Crippen LogP contribution in [-0.4, -0.2) is 54.5 Å². The van der Waals surface area contributed by atoms with Gasteiger partial charge in [0.15, 0.2) is 0 Å². The summed E-state index contributed by atoms with van der Waals surface area (Å²) < 4.78 is 5.67. The molecule has 4 nitrogen and oxygen atoms in total. The van der Waals surface area contributed by atoms with E-state index >= 15 is 0 Å². The lowest BCUT2D eigenvalue weighted by atomic mass is 10.1. The SMILES string of the molecule is CC(Cc1ccccc1)N1CCN(C(=O)CCCOc2ccccc2)CC1. The molecule has 144 valence electrons. The van der Waals surface area contributed by atoms with Crippen LogP contribution in [0.3, 0.4) is 0 Å². The van der Waals surface area contributed by atoms with Crippen LogP contribution in [0, 0.1) is 0 Å². The lowest BCUT2D eigenvalue weighted by Gasteiger charge is -2.38. The summed E-state index contributed by atoms with van der Waals surface area (Å²) in [6.45, 7) is 6.45. The van der Waals surface area contributed by atoms with Gasteiger partial charge in [-0.25, -0.2) is 0 Å². The van der Waals surface area contributed by atoms with E-state index < -0.39 is 0 Å². The first-order valence-electron chi connectivity index (χ1n) is 9.96. The molecular formula is C23H30N2O2. The first-order chi connectivity index (χ1) is 13.2. The molecule has 1 fully saturated rings. The normalized spacial score (nSPS) is 16.1. The third-order valence-electron chi connectivity index (χ3n) is 5.21. The van der Waals surface area contributed by atoms with Crippen molar-refractivity contribution in [1.82, 2.24) is 9.80 Å². The minimum absolute atomic E-state index is 0.252. The number of nitrogens with zero attached hydrogens (tertiary/aromatic N) is 2. The van der Waals surface area contributed by atoms with Gasteiger partial charge in [-0.2, -0.15) is 0 Å². The van der Waals surface area contributed by atoms with Crippen LogP contribution in [0.2, 0.25) is 0 Å². The number of piperazine rings is 1. The van der Waals surface area contributed by atoms with Crippen molar-refractivity contribution in [2.45, 2.75) is 32.2 Å². The molecule has 1 atom stereocenters. The largest absolute Gasteiger partial charge is 0.494 e. The van der Waals surface area contributed by atoms with Crippen molar-refractivity contribution in [3.8, 4) is 5.75 Å². The maximum absolute atomic E-state index is 12.4. The number of amides is 1. The number of rotatable bonds is 8. The van der Waals surface area contributed by atoms with E-state index in [1.807, 2.05) is 35.2 Å². The van der Waals surface area contributed by atoms with Crippen molar-refractivity contribution >= 4 is 5.91 Å². The zero-order valence-electron chi connectivity index (χ0n) is 16.2. The van der Waals surface area contributed by atoms with E-state index in [1.54, 1.807) is 0 Å². The number of hydrogen-bond acceptors (Lipinski definition) is 3. The lowest BCUT2D eigenvalue weighted by Crippen LogP contribution is -2.51. The Balaban J connectivity index is 1.34. The lowest BCUT2D eigenvalue weighted by molar-refractivity contribution is -0.133. The van der Waals surface area contributed by atoms with E-state index in [0.29, 0.717) is 19.1 Å². The van der Waals surface area contributed by atoms with E-state index in [2.05, 4.69) is 42.2 Å². The fourth-order valence-electron chi connectivity index (χ4n) is 3.58. The highest BCUT2D eigenvalue weighted by Gasteiger charge is 2.23. The molecule has 1 heterocycles. The van der Waals surface area contributed by atoms with E-state index in [4.69, 9.17) is 4.74 Å². The number of para-hydroxylation sites is 1. The Labute approximate surface area is 162 Å². The van der Waals surface area contributed by atoms with Crippen LogP contribution < -0.4 is 4.74 Å². The Morgan fingerprint density at radius 1 is 0.963 bits per heavy atom. The molecule has 3 rings (SSSR count). The number of hydrogen-bond donors (Lipinski definition) is 0. The molecule has 1 saturated heterocycles. The first kappa shape index (κ1) is 19.4. The molecule has 27 heavy (non-hydrogen) atoms. The van der Waals surface area contributed by atoms with Gasteiger partial charge in [0.2, 0.25) is 5.91 Å². The Hall–Kier alpha value is -2.33. The number of carbonyl (C=O) groups excluding carboxylic acids is 1. The molecule has 0 N–H and O–H groups in total. The summed E-state index contributed by atoms with van der Waals surface area (Å²) in [6.07, 6.45) is 2.39. The summed E-state index contributed by atoms with van der Waals surface area (Å²) in [5.74, 6) is 1.12. The van der Waals surface area contributed by atoms with Gasteiger partial charge < -0.3 is 9.64 Å². The molecule has 0 aliphatic carbocycles. The highest BCUT2D eigenvalue weighted by Crippen LogP contribution is 2.13. The van der Waals surface area contributed by atoms with Gasteiger partial charge in [-0.15, -0.1) is 0 Å². The minimum Gasteiger partial charge on any atom is -0.494 e. The zero-order valence-corrected chi connectivity index (χ0v) is 16.2. The average molecular weight is 367 g/mol. The molecule has 0 spiro atoms. The third-order valence-corrected chi connectivity index (χ3v) is 5.21. The highest BCUT2D eigenvalue weighted by molar-refractivity contribution is 5.76. The third kappa shape index (κ3) is 6.10. The molecule has 0 radical (unpaired) electrons. The second-order valence-corrected chi connectivity index (χ2v) is 7.22. The number of benzene rings is 2. The van der Waals surface area contributed by atoms with Crippen LogP contribution in [0.1, 0.15) is 25.3 Å². The molecule has 4 heteroatoms. The summed E-state index contributed by atoms with van der Waals surface area (Å²) >= 11 is 0. The highest BCUT2D eigenvalue weighted by atomic mass is 16.5. The maximum Gasteiger partial charge on any atom is 0.222 e. The Morgan fingerprint density at radius 2 is 1.59 bits per heavy atom. The monoisotopic (exact) mass is 366 g/mol. The predicted octanol–water partition coefficient (Wildman–Crippen LogP) is 3.62. The number of ether oxygens (including phenoxy) is 1. The molecule has 1 aliphatic rings. The smallest absolute Gasteiger partial charge is 0.222 e. The molecular weight excluding hydrogens is 336 g/mol. The van der Waals surface area contributed by atoms with Crippen LogP contribution in [0.25, 0.3) is 0 Å². The van der Waals surface area contributed by atoms with E-state index in [-0.39, 0.29) is 5.91 Å². The van der Waals surface area contributed by atoms with Crippen LogP contribution in [0.15, 0.2) is 60.7 Å². The maximum atomic E-state index is 12.4. The molecule has 1 unspecified atom stereocenters. The standard InChI is InChI=1S/C23H30N2O2/c1-20(19-21-9-4-2-5-10-21)24-14-16-25(17-15-24)23(26)13-8-18-27-22-11-6-3-7-12-22/h2-7,9-12,20H,8,13-19H2,1H3. The van der Waals surface area contributed by atoms with Gasteiger partial charge in [0.05, 0.1) is 6.61 Å². The van der Waals surface area contributed by atoms with Gasteiger partial charge in [-0.05, 0) is 37.5 Å². The van der Waals surface area contributed by atoms with Gasteiger partial charge in [0.1, 0.15) is 5.75 Å². The van der Waals surface area contributed by atoms with Gasteiger partial charge in [0, 0.05) is 38.6 Å². The van der Waals surface area contributed by atoms with Crippen molar-refractivity contribution in [1.29, 1.82) is 0 Å². The minimum atomic E-state index is 0.252.